The van der Waals surface area contributed by atoms with Gasteiger partial charge in [0.05, 0.1) is 0 Å². The number of hydrogen-bond donors (Lipinski definition) is 1. The van der Waals surface area contributed by atoms with Crippen LogP contribution in [0.25, 0.3) is 0 Å². The van der Waals surface area contributed by atoms with Gasteiger partial charge in [-0.1, -0.05) is 6.07 Å². The van der Waals surface area contributed by atoms with Crippen LogP contribution in [-0.4, -0.2) is 10.3 Å². The first-order chi connectivity index (χ1) is 5.84. The van der Waals surface area contributed by atoms with Gasteiger partial charge in [0, 0.05) is 18.8 Å². The molecule has 0 saturated carbocycles. The Labute approximate surface area is 77.6 Å². The molecule has 0 unspecified atom stereocenters. The van der Waals surface area contributed by atoms with E-state index in [9.17, 15) is 4.79 Å². The molecule has 0 spiro atoms. The van der Waals surface area contributed by atoms with Crippen molar-refractivity contribution in [3.8, 4) is 0 Å². The fourth-order valence-electron chi connectivity index (χ4n) is 1.04. The topological polar surface area (TPSA) is 22.0 Å². The monoisotopic (exact) mass is 183 g/mol. The van der Waals surface area contributed by atoms with E-state index >= 15 is 0 Å². The van der Waals surface area contributed by atoms with Crippen LogP contribution in [0.2, 0.25) is 0 Å². The Bertz CT molecular complexity index is 282. The van der Waals surface area contributed by atoms with Crippen molar-refractivity contribution in [3.63, 3.8) is 0 Å². The molecule has 0 amide bonds. The first-order valence-corrected chi connectivity index (χ1v) is 4.74. The number of aryl methyl sites for hydroxylation is 1. The molecule has 0 aliphatic rings. The van der Waals surface area contributed by atoms with Crippen LogP contribution in [0.5, 0.6) is 0 Å². The highest BCUT2D eigenvalue weighted by Crippen LogP contribution is 1.94. The molecule has 0 fully saturated rings. The predicted octanol–water partition coefficient (Wildman–Crippen LogP) is 1.56. The van der Waals surface area contributed by atoms with Gasteiger partial charge in [-0.3, -0.25) is 4.79 Å². The van der Waals surface area contributed by atoms with Gasteiger partial charge in [0.25, 0.3) is 0 Å². The van der Waals surface area contributed by atoms with E-state index in [2.05, 4.69) is 12.6 Å². The lowest BCUT2D eigenvalue weighted by molar-refractivity contribution is 0.616. The largest absolute Gasteiger partial charge is 0.316 e. The molecule has 0 N–H and O–H groups in total. The van der Waals surface area contributed by atoms with E-state index in [1.165, 1.54) is 0 Å². The number of hydrogen-bond acceptors (Lipinski definition) is 2. The molecular weight excluding hydrogens is 170 g/mol. The standard InChI is InChI=1S/C9H13NOS/c11-9-5-1-2-6-10(9)7-3-4-8-12/h1-2,5-6,12H,3-4,7-8H2. The van der Waals surface area contributed by atoms with E-state index in [1.54, 1.807) is 16.7 Å². The van der Waals surface area contributed by atoms with Gasteiger partial charge in [-0.05, 0) is 24.7 Å². The van der Waals surface area contributed by atoms with Gasteiger partial charge in [0.2, 0.25) is 5.56 Å². The second kappa shape index (κ2) is 5.04. The van der Waals surface area contributed by atoms with Crippen molar-refractivity contribution in [1.82, 2.24) is 4.57 Å². The van der Waals surface area contributed by atoms with Crippen LogP contribution < -0.4 is 5.56 Å². The lowest BCUT2D eigenvalue weighted by Gasteiger charge is -2.02. The van der Waals surface area contributed by atoms with Crippen molar-refractivity contribution >= 4 is 12.6 Å². The summed E-state index contributed by atoms with van der Waals surface area (Å²) >= 11 is 4.11. The van der Waals surface area contributed by atoms with E-state index in [-0.39, 0.29) is 5.56 Å². The molecule has 1 heterocycles. The molecule has 1 aromatic heterocycles. The van der Waals surface area contributed by atoms with Gasteiger partial charge in [-0.25, -0.2) is 0 Å². The minimum atomic E-state index is 0.0802. The lowest BCUT2D eigenvalue weighted by atomic mass is 10.3. The second-order valence-electron chi connectivity index (χ2n) is 2.66. The maximum atomic E-state index is 11.2. The van der Waals surface area contributed by atoms with Crippen LogP contribution in [0.4, 0.5) is 0 Å². The van der Waals surface area contributed by atoms with Crippen LogP contribution in [0.1, 0.15) is 12.8 Å². The van der Waals surface area contributed by atoms with Crippen molar-refractivity contribution < 1.29 is 0 Å². The molecule has 0 bridgehead atoms. The predicted molar refractivity (Wildman–Crippen MR) is 53.8 cm³/mol. The summed E-state index contributed by atoms with van der Waals surface area (Å²) in [7, 11) is 0. The maximum absolute atomic E-state index is 11.2. The summed E-state index contributed by atoms with van der Waals surface area (Å²) in [5.74, 6) is 0.890. The molecule has 66 valence electrons. The third kappa shape index (κ3) is 2.74. The smallest absolute Gasteiger partial charge is 0.250 e. The van der Waals surface area contributed by atoms with Crippen molar-refractivity contribution in [2.24, 2.45) is 0 Å². The Kier molecular flexibility index (Phi) is 3.94. The third-order valence-corrected chi connectivity index (χ3v) is 2.02. The van der Waals surface area contributed by atoms with Crippen LogP contribution in [0.15, 0.2) is 29.2 Å². The molecule has 1 rings (SSSR count). The summed E-state index contributed by atoms with van der Waals surface area (Å²) in [6, 6.07) is 5.22. The number of nitrogens with zero attached hydrogens (tertiary/aromatic N) is 1. The first kappa shape index (κ1) is 9.39. The molecule has 0 radical (unpaired) electrons. The van der Waals surface area contributed by atoms with E-state index < -0.39 is 0 Å². The van der Waals surface area contributed by atoms with Crippen molar-refractivity contribution in [1.29, 1.82) is 0 Å². The minimum Gasteiger partial charge on any atom is -0.316 e. The fraction of sp³-hybridized carbons (Fsp3) is 0.444. The molecule has 1 aromatic rings. The SMILES string of the molecule is O=c1ccccn1CCCCS. The Morgan fingerprint density at radius 1 is 1.33 bits per heavy atom. The maximum Gasteiger partial charge on any atom is 0.250 e. The highest BCUT2D eigenvalue weighted by molar-refractivity contribution is 7.80. The van der Waals surface area contributed by atoms with Crippen LogP contribution in [-0.2, 0) is 6.54 Å². The zero-order valence-corrected chi connectivity index (χ0v) is 7.83. The fourth-order valence-corrected chi connectivity index (χ4v) is 1.26. The summed E-state index contributed by atoms with van der Waals surface area (Å²) in [4.78, 5) is 11.2. The number of unbranched alkanes of at least 4 members (excludes halogenated alkanes) is 1. The Hall–Kier alpha value is -0.700. The zero-order chi connectivity index (χ0) is 8.81. The molecule has 0 aromatic carbocycles. The molecule has 0 aliphatic carbocycles. The summed E-state index contributed by atoms with van der Waals surface area (Å²) in [6.45, 7) is 0.806. The Balaban J connectivity index is 2.52. The van der Waals surface area contributed by atoms with Crippen molar-refractivity contribution in [3.05, 3.63) is 34.7 Å². The highest BCUT2D eigenvalue weighted by atomic mass is 32.1. The molecule has 0 atom stereocenters. The number of aromatic nitrogens is 1. The zero-order valence-electron chi connectivity index (χ0n) is 6.94. The summed E-state index contributed by atoms with van der Waals surface area (Å²) in [6.07, 6.45) is 3.90. The summed E-state index contributed by atoms with van der Waals surface area (Å²) in [5, 5.41) is 0. The molecule has 12 heavy (non-hydrogen) atoms. The lowest BCUT2D eigenvalue weighted by Crippen LogP contribution is -2.17. The molecule has 0 saturated heterocycles. The number of rotatable bonds is 4. The molecule has 0 aliphatic heterocycles. The minimum absolute atomic E-state index is 0.0802. The van der Waals surface area contributed by atoms with E-state index in [1.807, 2.05) is 12.3 Å². The van der Waals surface area contributed by atoms with Crippen LogP contribution in [0.3, 0.4) is 0 Å². The first-order valence-electron chi connectivity index (χ1n) is 4.11. The van der Waals surface area contributed by atoms with E-state index in [0.29, 0.717) is 0 Å². The quantitative estimate of drug-likeness (QED) is 0.555. The van der Waals surface area contributed by atoms with Gasteiger partial charge in [-0.2, -0.15) is 12.6 Å². The summed E-state index contributed by atoms with van der Waals surface area (Å²) in [5.41, 5.74) is 0.0802. The Morgan fingerprint density at radius 3 is 2.83 bits per heavy atom. The van der Waals surface area contributed by atoms with E-state index in [4.69, 9.17) is 0 Å². The molecule has 2 nitrogen and oxygen atoms in total. The van der Waals surface area contributed by atoms with E-state index in [0.717, 1.165) is 25.1 Å². The van der Waals surface area contributed by atoms with Gasteiger partial charge in [0.1, 0.15) is 0 Å². The van der Waals surface area contributed by atoms with Crippen molar-refractivity contribution in [2.45, 2.75) is 19.4 Å². The third-order valence-electron chi connectivity index (χ3n) is 1.71. The number of pyridine rings is 1. The second-order valence-corrected chi connectivity index (χ2v) is 3.11. The Morgan fingerprint density at radius 2 is 2.17 bits per heavy atom. The average Bonchev–Trinajstić information content (AvgIpc) is 2.09. The van der Waals surface area contributed by atoms with Crippen LogP contribution >= 0.6 is 12.6 Å². The summed E-state index contributed by atoms with van der Waals surface area (Å²) < 4.78 is 1.73. The van der Waals surface area contributed by atoms with Crippen LogP contribution in [0, 0.1) is 0 Å². The van der Waals surface area contributed by atoms with Gasteiger partial charge in [0.15, 0.2) is 0 Å². The molecule has 3 heteroatoms. The molecular formula is C9H13NOS. The van der Waals surface area contributed by atoms with Gasteiger partial charge < -0.3 is 4.57 Å². The highest BCUT2D eigenvalue weighted by Gasteiger charge is 1.91. The van der Waals surface area contributed by atoms with Gasteiger partial charge >= 0.3 is 0 Å². The van der Waals surface area contributed by atoms with Crippen molar-refractivity contribution in [2.75, 3.05) is 5.75 Å². The average molecular weight is 183 g/mol. The number of thiol groups is 1. The normalized spacial score (nSPS) is 10.1. The van der Waals surface area contributed by atoms with Gasteiger partial charge in [-0.15, -0.1) is 0 Å².